The topological polar surface area (TPSA) is 20.3 Å². The maximum absolute atomic E-state index is 11.3. The summed E-state index contributed by atoms with van der Waals surface area (Å²) in [5.41, 5.74) is 0.0642. The molecule has 2 heteroatoms. The lowest BCUT2D eigenvalue weighted by Gasteiger charge is -2.28. The van der Waals surface area contributed by atoms with E-state index in [1.54, 1.807) is 0 Å². The van der Waals surface area contributed by atoms with E-state index in [2.05, 4.69) is 19.8 Å². The molecule has 0 N–H and O–H groups in total. The molecule has 0 aromatic rings. The van der Waals surface area contributed by atoms with Crippen molar-refractivity contribution in [3.63, 3.8) is 0 Å². The second kappa shape index (κ2) is 3.83. The monoisotopic (exact) mass is 179 g/mol. The van der Waals surface area contributed by atoms with Gasteiger partial charge in [-0.15, -0.1) is 12.3 Å². The number of terminal acetylenes is 1. The van der Waals surface area contributed by atoms with Crippen LogP contribution >= 0.6 is 0 Å². The van der Waals surface area contributed by atoms with Gasteiger partial charge in [0.15, 0.2) is 0 Å². The molecule has 0 atom stereocenters. The highest BCUT2D eigenvalue weighted by Gasteiger charge is 2.27. The van der Waals surface area contributed by atoms with Gasteiger partial charge in [-0.25, -0.2) is 0 Å². The number of nitrogens with zero attached hydrogens (tertiary/aromatic N) is 1. The largest absolute Gasteiger partial charge is 0.342 e. The Morgan fingerprint density at radius 2 is 2.31 bits per heavy atom. The molecule has 1 saturated heterocycles. The van der Waals surface area contributed by atoms with Crippen LogP contribution in [0.4, 0.5) is 0 Å². The Hall–Kier alpha value is -0.970. The smallest absolute Gasteiger partial charge is 0.222 e. The van der Waals surface area contributed by atoms with E-state index < -0.39 is 0 Å². The molecule has 0 bridgehead atoms. The van der Waals surface area contributed by atoms with Crippen LogP contribution in [0.15, 0.2) is 0 Å². The van der Waals surface area contributed by atoms with Gasteiger partial charge in [0.05, 0.1) is 0 Å². The minimum atomic E-state index is 0.0642. The van der Waals surface area contributed by atoms with Crippen molar-refractivity contribution in [1.29, 1.82) is 0 Å². The van der Waals surface area contributed by atoms with Gasteiger partial charge >= 0.3 is 0 Å². The van der Waals surface area contributed by atoms with E-state index >= 15 is 0 Å². The quantitative estimate of drug-likeness (QED) is 0.603. The number of amides is 1. The van der Waals surface area contributed by atoms with Crippen molar-refractivity contribution in [2.75, 3.05) is 13.1 Å². The molecule has 0 spiro atoms. The first-order valence-electron chi connectivity index (χ1n) is 4.76. The molecule has 1 rings (SSSR count). The number of likely N-dealkylation sites (tertiary alicyclic amines) is 1. The first kappa shape index (κ1) is 10.1. The fraction of sp³-hybridized carbons (Fsp3) is 0.727. The van der Waals surface area contributed by atoms with E-state index in [0.29, 0.717) is 6.42 Å². The number of rotatable bonds is 3. The van der Waals surface area contributed by atoms with Crippen LogP contribution in [0.2, 0.25) is 0 Å². The Labute approximate surface area is 80.3 Å². The van der Waals surface area contributed by atoms with Crippen molar-refractivity contribution in [2.45, 2.75) is 33.1 Å². The number of carbonyl (C=O) groups is 1. The summed E-state index contributed by atoms with van der Waals surface area (Å²) in [6.07, 6.45) is 7.72. The number of hydrogen-bond acceptors (Lipinski definition) is 1. The average Bonchev–Trinajstić information content (AvgIpc) is 2.35. The summed E-state index contributed by atoms with van der Waals surface area (Å²) < 4.78 is 0. The van der Waals surface area contributed by atoms with Crippen LogP contribution in [0.5, 0.6) is 0 Å². The Morgan fingerprint density at radius 1 is 1.62 bits per heavy atom. The number of carbonyl (C=O) groups excluding carboxylic acids is 1. The van der Waals surface area contributed by atoms with Gasteiger partial charge in [0.25, 0.3) is 0 Å². The van der Waals surface area contributed by atoms with Gasteiger partial charge < -0.3 is 4.90 Å². The zero-order chi connectivity index (χ0) is 9.90. The van der Waals surface area contributed by atoms with Crippen molar-refractivity contribution < 1.29 is 4.79 Å². The van der Waals surface area contributed by atoms with Gasteiger partial charge in [-0.05, 0) is 11.8 Å². The fourth-order valence-electron chi connectivity index (χ4n) is 1.72. The van der Waals surface area contributed by atoms with Crippen LogP contribution in [0.3, 0.4) is 0 Å². The minimum absolute atomic E-state index is 0.0642. The molecule has 0 saturated carbocycles. The third-order valence-electron chi connectivity index (χ3n) is 2.37. The Balaban J connectivity index is 2.48. The number of hydrogen-bond donors (Lipinski definition) is 0. The van der Waals surface area contributed by atoms with Gasteiger partial charge in [-0.1, -0.05) is 13.8 Å². The van der Waals surface area contributed by atoms with Crippen LogP contribution in [-0.2, 0) is 4.79 Å². The van der Waals surface area contributed by atoms with Crippen LogP contribution in [0.25, 0.3) is 0 Å². The van der Waals surface area contributed by atoms with E-state index in [1.165, 1.54) is 0 Å². The molecule has 72 valence electrons. The summed E-state index contributed by atoms with van der Waals surface area (Å²) in [4.78, 5) is 13.3. The summed E-state index contributed by atoms with van der Waals surface area (Å²) >= 11 is 0. The fourth-order valence-corrected chi connectivity index (χ4v) is 1.72. The first-order valence-corrected chi connectivity index (χ1v) is 4.76. The van der Waals surface area contributed by atoms with E-state index in [4.69, 9.17) is 6.42 Å². The molecular weight excluding hydrogens is 162 g/mol. The summed E-state index contributed by atoms with van der Waals surface area (Å²) in [6, 6.07) is 0. The molecule has 1 fully saturated rings. The Morgan fingerprint density at radius 3 is 2.77 bits per heavy atom. The summed E-state index contributed by atoms with van der Waals surface area (Å²) in [7, 11) is 0. The van der Waals surface area contributed by atoms with Crippen LogP contribution in [0.1, 0.15) is 33.1 Å². The van der Waals surface area contributed by atoms with Crippen LogP contribution in [-0.4, -0.2) is 23.9 Å². The first-order chi connectivity index (χ1) is 6.05. The van der Waals surface area contributed by atoms with Gasteiger partial charge in [-0.2, -0.15) is 0 Å². The molecule has 0 unspecified atom stereocenters. The molecule has 0 aromatic carbocycles. The predicted molar refractivity (Wildman–Crippen MR) is 53.0 cm³/mol. The maximum Gasteiger partial charge on any atom is 0.222 e. The summed E-state index contributed by atoms with van der Waals surface area (Å²) in [5, 5.41) is 0. The average molecular weight is 179 g/mol. The highest BCUT2D eigenvalue weighted by Crippen LogP contribution is 2.23. The Bertz CT molecular complexity index is 237. The molecule has 0 aliphatic carbocycles. The van der Waals surface area contributed by atoms with E-state index in [1.807, 2.05) is 4.90 Å². The second-order valence-electron chi connectivity index (χ2n) is 4.46. The normalized spacial score (nSPS) is 17.6. The molecule has 13 heavy (non-hydrogen) atoms. The summed E-state index contributed by atoms with van der Waals surface area (Å²) in [5.74, 6) is 2.94. The van der Waals surface area contributed by atoms with Gasteiger partial charge in [0.1, 0.15) is 0 Å². The van der Waals surface area contributed by atoms with Gasteiger partial charge in [-0.3, -0.25) is 4.79 Å². The zero-order valence-electron chi connectivity index (χ0n) is 8.47. The highest BCUT2D eigenvalue weighted by atomic mass is 16.2. The molecule has 0 aromatic heterocycles. The Kier molecular flexibility index (Phi) is 2.98. The standard InChI is InChI=1S/C11H17NO/c1-4-7-11(2,3)9-12-8-5-6-10(12)13/h1H,5-9H2,2-3H3. The molecule has 1 aliphatic rings. The molecule has 1 aliphatic heterocycles. The van der Waals surface area contributed by atoms with Crippen molar-refractivity contribution in [2.24, 2.45) is 5.41 Å². The molecule has 0 radical (unpaired) electrons. The lowest BCUT2D eigenvalue weighted by molar-refractivity contribution is -0.128. The zero-order valence-corrected chi connectivity index (χ0v) is 8.47. The maximum atomic E-state index is 11.3. The minimum Gasteiger partial charge on any atom is -0.342 e. The van der Waals surface area contributed by atoms with Gasteiger partial charge in [0, 0.05) is 25.9 Å². The van der Waals surface area contributed by atoms with Crippen LogP contribution < -0.4 is 0 Å². The molecule has 1 heterocycles. The van der Waals surface area contributed by atoms with Crippen LogP contribution in [0, 0.1) is 17.8 Å². The van der Waals surface area contributed by atoms with Crippen molar-refractivity contribution in [3.05, 3.63) is 0 Å². The lowest BCUT2D eigenvalue weighted by Crippen LogP contribution is -2.34. The predicted octanol–water partition coefficient (Wildman–Crippen LogP) is 1.66. The highest BCUT2D eigenvalue weighted by molar-refractivity contribution is 5.78. The van der Waals surface area contributed by atoms with Crippen molar-refractivity contribution in [1.82, 2.24) is 4.90 Å². The molecule has 2 nitrogen and oxygen atoms in total. The van der Waals surface area contributed by atoms with Crippen molar-refractivity contribution in [3.8, 4) is 12.3 Å². The van der Waals surface area contributed by atoms with E-state index in [9.17, 15) is 4.79 Å². The van der Waals surface area contributed by atoms with E-state index in [-0.39, 0.29) is 11.3 Å². The van der Waals surface area contributed by atoms with E-state index in [0.717, 1.165) is 25.9 Å². The summed E-state index contributed by atoms with van der Waals surface area (Å²) in [6.45, 7) is 5.93. The second-order valence-corrected chi connectivity index (χ2v) is 4.46. The molecule has 1 amide bonds. The lowest BCUT2D eigenvalue weighted by atomic mass is 9.89. The molecular formula is C11H17NO. The third kappa shape index (κ3) is 2.77. The van der Waals surface area contributed by atoms with Crippen molar-refractivity contribution >= 4 is 5.91 Å². The van der Waals surface area contributed by atoms with Gasteiger partial charge in [0.2, 0.25) is 5.91 Å². The third-order valence-corrected chi connectivity index (χ3v) is 2.37. The SMILES string of the molecule is C#CCC(C)(C)CN1CCCC1=O.